The first kappa shape index (κ1) is 9.21. The van der Waals surface area contributed by atoms with E-state index in [1.165, 1.54) is 13.2 Å². The fourth-order valence-corrected chi connectivity index (χ4v) is 1.15. The zero-order chi connectivity index (χ0) is 9.19. The lowest BCUT2D eigenvalue weighted by molar-refractivity contribution is 0.159. The number of halogens is 1. The summed E-state index contributed by atoms with van der Waals surface area (Å²) in [6.07, 6.45) is 0. The maximum absolute atomic E-state index is 12.2. The molecule has 4 nitrogen and oxygen atoms in total. The van der Waals surface area contributed by atoms with Gasteiger partial charge in [0.05, 0.1) is 0 Å². The van der Waals surface area contributed by atoms with E-state index in [0.717, 1.165) is 6.07 Å². The summed E-state index contributed by atoms with van der Waals surface area (Å²) in [6.45, 7) is 0.121. The molecule has 0 bridgehead atoms. The Morgan fingerprint density at radius 2 is 2.25 bits per heavy atom. The smallest absolute Gasteiger partial charge is 0.365 e. The van der Waals surface area contributed by atoms with Gasteiger partial charge >= 0.3 is 10.2 Å². The first-order chi connectivity index (χ1) is 5.54. The van der Waals surface area contributed by atoms with Crippen molar-refractivity contribution in [1.82, 2.24) is 0 Å². The summed E-state index contributed by atoms with van der Waals surface area (Å²) in [5.41, 5.74) is 0. The van der Waals surface area contributed by atoms with Crippen molar-refractivity contribution in [3.8, 4) is 0 Å². The van der Waals surface area contributed by atoms with Crippen LogP contribution in [0, 0.1) is 0 Å². The second-order valence-electron chi connectivity index (χ2n) is 2.09. The van der Waals surface area contributed by atoms with E-state index in [9.17, 15) is 12.3 Å². The molecule has 6 heteroatoms. The zero-order valence-electron chi connectivity index (χ0n) is 6.28. The molecule has 0 aliphatic rings. The monoisotopic (exact) mass is 194 g/mol. The van der Waals surface area contributed by atoms with Crippen molar-refractivity contribution < 1.29 is 21.5 Å². The van der Waals surface area contributed by atoms with E-state index in [1.807, 2.05) is 0 Å². The maximum Gasteiger partial charge on any atom is 0.365 e. The molecular weight excluding hydrogens is 187 g/mol. The second kappa shape index (κ2) is 3.24. The Labute approximate surface area is 69.2 Å². The highest BCUT2D eigenvalue weighted by atomic mass is 32.3. The van der Waals surface area contributed by atoms with Crippen LogP contribution in [-0.4, -0.2) is 15.5 Å². The van der Waals surface area contributed by atoms with Crippen LogP contribution in [0.4, 0.5) is 3.89 Å². The van der Waals surface area contributed by atoms with Crippen LogP contribution < -0.4 is 0 Å². The predicted molar refractivity (Wildman–Crippen MR) is 37.7 cm³/mol. The van der Waals surface area contributed by atoms with E-state index in [-0.39, 0.29) is 12.4 Å². The predicted octanol–water partition coefficient (Wildman–Crippen LogP) is 1.08. The van der Waals surface area contributed by atoms with Crippen LogP contribution in [0.5, 0.6) is 0 Å². The van der Waals surface area contributed by atoms with Gasteiger partial charge in [-0.25, -0.2) is 0 Å². The summed E-state index contributed by atoms with van der Waals surface area (Å²) in [7, 11) is -3.30. The molecule has 1 heterocycles. The molecule has 0 aliphatic heterocycles. The number of hydrogen-bond acceptors (Lipinski definition) is 4. The van der Waals surface area contributed by atoms with Gasteiger partial charge in [0.1, 0.15) is 12.4 Å². The van der Waals surface area contributed by atoms with Gasteiger partial charge in [-0.05, 0) is 12.1 Å². The third-order valence-corrected chi connectivity index (χ3v) is 1.86. The van der Waals surface area contributed by atoms with E-state index in [2.05, 4.69) is 9.15 Å². The molecule has 12 heavy (non-hydrogen) atoms. The molecular formula is C6H7FO4S. The molecule has 0 aliphatic carbocycles. The minimum absolute atomic E-state index is 0.121. The molecule has 1 rings (SSSR count). The van der Waals surface area contributed by atoms with Gasteiger partial charge in [0.2, 0.25) is 5.09 Å². The SMILES string of the molecule is COCc1ccc(S(=O)(=O)F)o1. The molecule has 0 N–H and O–H groups in total. The van der Waals surface area contributed by atoms with E-state index in [4.69, 9.17) is 0 Å². The first-order valence-corrected chi connectivity index (χ1v) is 4.44. The van der Waals surface area contributed by atoms with Gasteiger partial charge < -0.3 is 9.15 Å². The van der Waals surface area contributed by atoms with Crippen LogP contribution in [0.25, 0.3) is 0 Å². The van der Waals surface area contributed by atoms with Gasteiger partial charge in [-0.2, -0.15) is 8.42 Å². The van der Waals surface area contributed by atoms with E-state index in [1.54, 1.807) is 0 Å². The molecule has 0 aromatic carbocycles. The Morgan fingerprint density at radius 1 is 1.58 bits per heavy atom. The summed E-state index contributed by atoms with van der Waals surface area (Å²) in [5.74, 6) is 0.272. The number of furan rings is 1. The Morgan fingerprint density at radius 3 is 2.67 bits per heavy atom. The largest absolute Gasteiger partial charge is 0.445 e. The maximum atomic E-state index is 12.2. The number of hydrogen-bond donors (Lipinski definition) is 0. The molecule has 0 amide bonds. The van der Waals surface area contributed by atoms with Crippen LogP contribution in [0.15, 0.2) is 21.6 Å². The normalized spacial score (nSPS) is 11.8. The van der Waals surface area contributed by atoms with Crippen molar-refractivity contribution in [3.63, 3.8) is 0 Å². The highest BCUT2D eigenvalue weighted by Gasteiger charge is 2.16. The van der Waals surface area contributed by atoms with Gasteiger partial charge in [-0.3, -0.25) is 0 Å². The van der Waals surface area contributed by atoms with Crippen LogP contribution >= 0.6 is 0 Å². The fraction of sp³-hybridized carbons (Fsp3) is 0.333. The molecule has 1 aromatic heterocycles. The Bertz CT molecular complexity index is 353. The Balaban J connectivity index is 2.92. The quantitative estimate of drug-likeness (QED) is 0.675. The van der Waals surface area contributed by atoms with Gasteiger partial charge in [-0.15, -0.1) is 0 Å². The highest BCUT2D eigenvalue weighted by molar-refractivity contribution is 7.86. The van der Waals surface area contributed by atoms with Crippen LogP contribution in [0.3, 0.4) is 0 Å². The summed E-state index contributed by atoms with van der Waals surface area (Å²) in [5, 5.41) is -0.686. The van der Waals surface area contributed by atoms with E-state index < -0.39 is 15.3 Å². The summed E-state index contributed by atoms with van der Waals surface area (Å²) < 4.78 is 42.0. The number of rotatable bonds is 3. The van der Waals surface area contributed by atoms with Gasteiger partial charge in [0.15, 0.2) is 0 Å². The van der Waals surface area contributed by atoms with E-state index in [0.29, 0.717) is 0 Å². The number of methoxy groups -OCH3 is 1. The van der Waals surface area contributed by atoms with Crippen molar-refractivity contribution >= 4 is 10.2 Å². The minimum Gasteiger partial charge on any atom is -0.445 e. The molecule has 0 radical (unpaired) electrons. The second-order valence-corrected chi connectivity index (χ2v) is 3.37. The van der Waals surface area contributed by atoms with Crippen molar-refractivity contribution in [2.75, 3.05) is 7.11 Å². The van der Waals surface area contributed by atoms with Crippen LogP contribution in [0.1, 0.15) is 5.76 Å². The highest BCUT2D eigenvalue weighted by Crippen LogP contribution is 2.16. The summed E-state index contributed by atoms with van der Waals surface area (Å²) >= 11 is 0. The van der Waals surface area contributed by atoms with E-state index >= 15 is 0 Å². The topological polar surface area (TPSA) is 56.5 Å². The number of ether oxygens (including phenoxy) is 1. The van der Waals surface area contributed by atoms with Gasteiger partial charge in [0.25, 0.3) is 0 Å². The standard InChI is InChI=1S/C6H7FO4S/c1-10-4-5-2-3-6(11-5)12(7,8)9/h2-3H,4H2,1H3. The fourth-order valence-electron chi connectivity index (χ4n) is 0.709. The Hall–Kier alpha value is -0.880. The lowest BCUT2D eigenvalue weighted by Crippen LogP contribution is -1.88. The van der Waals surface area contributed by atoms with Crippen molar-refractivity contribution in [3.05, 3.63) is 17.9 Å². The molecule has 1 aromatic rings. The molecule has 0 atom stereocenters. The third-order valence-electron chi connectivity index (χ3n) is 1.16. The lowest BCUT2D eigenvalue weighted by Gasteiger charge is -1.91. The van der Waals surface area contributed by atoms with Crippen molar-refractivity contribution in [2.45, 2.75) is 11.7 Å². The van der Waals surface area contributed by atoms with Crippen LogP contribution in [-0.2, 0) is 21.6 Å². The molecule has 68 valence electrons. The summed E-state index contributed by atoms with van der Waals surface area (Å²) in [4.78, 5) is 0. The third kappa shape index (κ3) is 2.05. The zero-order valence-corrected chi connectivity index (χ0v) is 7.10. The molecule has 0 saturated heterocycles. The average Bonchev–Trinajstić information content (AvgIpc) is 2.35. The Kier molecular flexibility index (Phi) is 2.49. The van der Waals surface area contributed by atoms with Gasteiger partial charge in [0, 0.05) is 7.11 Å². The molecule has 0 unspecified atom stereocenters. The molecule has 0 fully saturated rings. The summed E-state index contributed by atoms with van der Waals surface area (Å²) in [6, 6.07) is 2.39. The lowest BCUT2D eigenvalue weighted by atomic mass is 10.5. The minimum atomic E-state index is -4.72. The molecule has 0 spiro atoms. The van der Waals surface area contributed by atoms with Crippen LogP contribution in [0.2, 0.25) is 0 Å². The average molecular weight is 194 g/mol. The van der Waals surface area contributed by atoms with Crippen molar-refractivity contribution in [2.24, 2.45) is 0 Å². The van der Waals surface area contributed by atoms with Gasteiger partial charge in [-0.1, -0.05) is 3.89 Å². The molecule has 0 saturated carbocycles. The first-order valence-electron chi connectivity index (χ1n) is 3.06. The van der Waals surface area contributed by atoms with Crippen molar-refractivity contribution in [1.29, 1.82) is 0 Å².